The first-order chi connectivity index (χ1) is 8.63. The third-order valence-electron chi connectivity index (χ3n) is 4.04. The van der Waals surface area contributed by atoms with Crippen LogP contribution in [0.2, 0.25) is 0 Å². The zero-order valence-electron chi connectivity index (χ0n) is 12.3. The first kappa shape index (κ1) is 15.5. The zero-order chi connectivity index (χ0) is 13.4. The summed E-state index contributed by atoms with van der Waals surface area (Å²) in [6.45, 7) is 7.24. The van der Waals surface area contributed by atoms with Crippen molar-refractivity contribution in [3.8, 4) is 0 Å². The summed E-state index contributed by atoms with van der Waals surface area (Å²) in [7, 11) is 0. The molecule has 1 saturated carbocycles. The number of hydrogen-bond donors (Lipinski definition) is 2. The zero-order valence-corrected chi connectivity index (χ0v) is 12.3. The molecule has 0 heterocycles. The molecule has 1 fully saturated rings. The number of carbonyl (C=O) groups is 1. The van der Waals surface area contributed by atoms with Gasteiger partial charge in [-0.15, -0.1) is 0 Å². The van der Waals surface area contributed by atoms with Crippen molar-refractivity contribution >= 4 is 5.91 Å². The van der Waals surface area contributed by atoms with E-state index in [1.54, 1.807) is 0 Å². The number of rotatable bonds is 6. The van der Waals surface area contributed by atoms with E-state index in [2.05, 4.69) is 31.4 Å². The lowest BCUT2D eigenvalue weighted by Gasteiger charge is -2.24. The first-order valence-electron chi connectivity index (χ1n) is 7.66. The molecule has 18 heavy (non-hydrogen) atoms. The fourth-order valence-corrected chi connectivity index (χ4v) is 2.94. The van der Waals surface area contributed by atoms with E-state index >= 15 is 0 Å². The Bertz CT molecular complexity index is 235. The topological polar surface area (TPSA) is 41.1 Å². The Balaban J connectivity index is 2.29. The van der Waals surface area contributed by atoms with Gasteiger partial charge in [-0.2, -0.15) is 0 Å². The van der Waals surface area contributed by atoms with E-state index in [9.17, 15) is 4.79 Å². The van der Waals surface area contributed by atoms with Crippen molar-refractivity contribution in [2.45, 2.75) is 77.8 Å². The van der Waals surface area contributed by atoms with Crippen LogP contribution >= 0.6 is 0 Å². The number of nitrogens with one attached hydrogen (secondary N) is 2. The third kappa shape index (κ3) is 5.85. The van der Waals surface area contributed by atoms with Gasteiger partial charge in [0.15, 0.2) is 0 Å². The van der Waals surface area contributed by atoms with E-state index < -0.39 is 0 Å². The van der Waals surface area contributed by atoms with Crippen molar-refractivity contribution in [3.05, 3.63) is 0 Å². The standard InChI is InChI=1S/C15H30N2O/c1-4-16-12(2)11-15(18)17-13(3)14-9-7-5-6-8-10-14/h12-14,16H,4-11H2,1-3H3,(H,17,18)/t12?,13-/m0/s1. The molecule has 0 radical (unpaired) electrons. The van der Waals surface area contributed by atoms with Crippen LogP contribution in [-0.4, -0.2) is 24.5 Å². The molecule has 0 aromatic heterocycles. The second-order valence-electron chi connectivity index (χ2n) is 5.77. The number of hydrogen-bond acceptors (Lipinski definition) is 2. The molecule has 3 nitrogen and oxygen atoms in total. The molecule has 0 saturated heterocycles. The van der Waals surface area contributed by atoms with E-state index in [0.29, 0.717) is 18.4 Å². The second kappa shape index (κ2) is 8.52. The summed E-state index contributed by atoms with van der Waals surface area (Å²) in [5.74, 6) is 0.881. The first-order valence-corrected chi connectivity index (χ1v) is 7.66. The van der Waals surface area contributed by atoms with E-state index in [-0.39, 0.29) is 11.9 Å². The molecule has 1 unspecified atom stereocenters. The van der Waals surface area contributed by atoms with Crippen LogP contribution in [0.25, 0.3) is 0 Å². The highest BCUT2D eigenvalue weighted by Gasteiger charge is 2.20. The lowest BCUT2D eigenvalue weighted by Crippen LogP contribution is -2.41. The minimum atomic E-state index is 0.195. The van der Waals surface area contributed by atoms with Crippen molar-refractivity contribution in [1.29, 1.82) is 0 Å². The van der Waals surface area contributed by atoms with E-state index in [1.807, 2.05) is 0 Å². The molecule has 0 aromatic rings. The molecule has 1 amide bonds. The molecule has 0 spiro atoms. The Hall–Kier alpha value is -0.570. The third-order valence-corrected chi connectivity index (χ3v) is 4.04. The highest BCUT2D eigenvalue weighted by atomic mass is 16.1. The van der Waals surface area contributed by atoms with Crippen LogP contribution < -0.4 is 10.6 Å². The molecule has 2 N–H and O–H groups in total. The second-order valence-corrected chi connectivity index (χ2v) is 5.77. The summed E-state index contributed by atoms with van der Waals surface area (Å²) in [5, 5.41) is 6.47. The van der Waals surface area contributed by atoms with Gasteiger partial charge in [0.25, 0.3) is 0 Å². The van der Waals surface area contributed by atoms with E-state index in [0.717, 1.165) is 6.54 Å². The summed E-state index contributed by atoms with van der Waals surface area (Å²) in [5.41, 5.74) is 0. The van der Waals surface area contributed by atoms with Gasteiger partial charge in [-0.1, -0.05) is 32.6 Å². The van der Waals surface area contributed by atoms with Crippen LogP contribution in [0.3, 0.4) is 0 Å². The van der Waals surface area contributed by atoms with Crippen LogP contribution in [0.4, 0.5) is 0 Å². The quantitative estimate of drug-likeness (QED) is 0.716. The van der Waals surface area contributed by atoms with Crippen molar-refractivity contribution in [2.24, 2.45) is 5.92 Å². The molecule has 0 aliphatic heterocycles. The predicted molar refractivity (Wildman–Crippen MR) is 76.6 cm³/mol. The lowest BCUT2D eigenvalue weighted by atomic mass is 9.93. The lowest BCUT2D eigenvalue weighted by molar-refractivity contribution is -0.122. The highest BCUT2D eigenvalue weighted by Crippen LogP contribution is 2.25. The minimum absolute atomic E-state index is 0.195. The Morgan fingerprint density at radius 2 is 1.78 bits per heavy atom. The molecule has 1 rings (SSSR count). The summed E-state index contributed by atoms with van der Waals surface area (Å²) in [4.78, 5) is 11.9. The van der Waals surface area contributed by atoms with Gasteiger partial charge in [-0.3, -0.25) is 4.79 Å². The molecule has 1 aliphatic rings. The highest BCUT2D eigenvalue weighted by molar-refractivity contribution is 5.76. The fourth-order valence-electron chi connectivity index (χ4n) is 2.94. The van der Waals surface area contributed by atoms with Gasteiger partial charge in [0.05, 0.1) is 0 Å². The van der Waals surface area contributed by atoms with Crippen molar-refractivity contribution in [3.63, 3.8) is 0 Å². The van der Waals surface area contributed by atoms with Crippen molar-refractivity contribution in [2.75, 3.05) is 6.54 Å². The van der Waals surface area contributed by atoms with E-state index in [1.165, 1.54) is 38.5 Å². The van der Waals surface area contributed by atoms with Crippen molar-refractivity contribution in [1.82, 2.24) is 10.6 Å². The van der Waals surface area contributed by atoms with Gasteiger partial charge in [0.2, 0.25) is 5.91 Å². The van der Waals surface area contributed by atoms with Crippen molar-refractivity contribution < 1.29 is 4.79 Å². The largest absolute Gasteiger partial charge is 0.353 e. The molecular formula is C15H30N2O. The molecule has 3 heteroatoms. The summed E-state index contributed by atoms with van der Waals surface area (Å²) in [6, 6.07) is 0.612. The van der Waals surface area contributed by atoms with Gasteiger partial charge >= 0.3 is 0 Å². The normalized spacial score (nSPS) is 21.1. The summed E-state index contributed by atoms with van der Waals surface area (Å²) >= 11 is 0. The monoisotopic (exact) mass is 254 g/mol. The van der Waals surface area contributed by atoms with E-state index in [4.69, 9.17) is 0 Å². The Labute approximate surface area is 112 Å². The SMILES string of the molecule is CCNC(C)CC(=O)N[C@@H](C)C1CCCCCC1. The summed E-state index contributed by atoms with van der Waals surface area (Å²) in [6.07, 6.45) is 8.56. The molecule has 0 bridgehead atoms. The van der Waals surface area contributed by atoms with Crippen LogP contribution in [0, 0.1) is 5.92 Å². The maximum Gasteiger partial charge on any atom is 0.221 e. The fraction of sp³-hybridized carbons (Fsp3) is 0.933. The Morgan fingerprint density at radius 3 is 2.33 bits per heavy atom. The molecular weight excluding hydrogens is 224 g/mol. The van der Waals surface area contributed by atoms with Gasteiger partial charge in [0, 0.05) is 18.5 Å². The van der Waals surface area contributed by atoms with Crippen LogP contribution in [0.1, 0.15) is 65.7 Å². The minimum Gasteiger partial charge on any atom is -0.353 e. The average molecular weight is 254 g/mol. The molecule has 0 aromatic carbocycles. The Kier molecular flexibility index (Phi) is 7.33. The molecule has 2 atom stereocenters. The van der Waals surface area contributed by atoms with Crippen LogP contribution in [0.5, 0.6) is 0 Å². The predicted octanol–water partition coefficient (Wildman–Crippen LogP) is 2.85. The number of amides is 1. The summed E-state index contributed by atoms with van der Waals surface area (Å²) < 4.78 is 0. The molecule has 106 valence electrons. The Morgan fingerprint density at radius 1 is 1.17 bits per heavy atom. The molecule has 1 aliphatic carbocycles. The van der Waals surface area contributed by atoms with Gasteiger partial charge in [-0.25, -0.2) is 0 Å². The average Bonchev–Trinajstić information content (AvgIpc) is 2.57. The van der Waals surface area contributed by atoms with Crippen LogP contribution in [0.15, 0.2) is 0 Å². The number of carbonyl (C=O) groups excluding carboxylic acids is 1. The van der Waals surface area contributed by atoms with Gasteiger partial charge in [0.1, 0.15) is 0 Å². The maximum atomic E-state index is 11.9. The van der Waals surface area contributed by atoms with Gasteiger partial charge in [-0.05, 0) is 39.2 Å². The maximum absolute atomic E-state index is 11.9. The van der Waals surface area contributed by atoms with Crippen LogP contribution in [-0.2, 0) is 4.79 Å². The smallest absolute Gasteiger partial charge is 0.221 e. The van der Waals surface area contributed by atoms with Gasteiger partial charge < -0.3 is 10.6 Å².